The zero-order chi connectivity index (χ0) is 7.84. The van der Waals surface area contributed by atoms with Crippen LogP contribution in [0.4, 0.5) is 0 Å². The molecule has 11 heavy (non-hydrogen) atoms. The van der Waals surface area contributed by atoms with Crippen LogP contribution in [-0.4, -0.2) is 22.6 Å². The van der Waals surface area contributed by atoms with Gasteiger partial charge in [-0.1, -0.05) is 0 Å². The maximum atomic E-state index is 9.29. The summed E-state index contributed by atoms with van der Waals surface area (Å²) in [7, 11) is 1.84. The van der Waals surface area contributed by atoms with Crippen LogP contribution >= 0.6 is 0 Å². The molecular weight excluding hydrogens is 139 g/mol. The molecule has 0 amide bonds. The molecule has 2 aromatic heterocycles. The number of rotatable bonds is 0. The molecular formula is C7H7BN2O. The first-order chi connectivity index (χ1) is 5.27. The first-order valence-corrected chi connectivity index (χ1v) is 3.40. The van der Waals surface area contributed by atoms with Gasteiger partial charge >= 0.3 is 0 Å². The van der Waals surface area contributed by atoms with Gasteiger partial charge in [-0.05, 0) is 11.5 Å². The molecule has 0 saturated carbocycles. The monoisotopic (exact) mass is 146 g/mol. The van der Waals surface area contributed by atoms with Gasteiger partial charge in [0.05, 0.1) is 5.52 Å². The lowest BCUT2D eigenvalue weighted by molar-refractivity contribution is 0.479. The quantitative estimate of drug-likeness (QED) is 0.499. The Bertz CT molecular complexity index is 360. The summed E-state index contributed by atoms with van der Waals surface area (Å²) in [6, 6.07) is 3.54. The predicted octanol–water partition coefficient (Wildman–Crippen LogP) is -0.702. The zero-order valence-corrected chi connectivity index (χ0v) is 6.15. The lowest BCUT2D eigenvalue weighted by Gasteiger charge is -1.98. The summed E-state index contributed by atoms with van der Waals surface area (Å²) < 4.78 is 1.73. The Morgan fingerprint density at radius 1 is 1.55 bits per heavy atom. The highest BCUT2D eigenvalue weighted by atomic mass is 16.3. The van der Waals surface area contributed by atoms with E-state index < -0.39 is 0 Å². The van der Waals surface area contributed by atoms with Crippen LogP contribution in [0.2, 0.25) is 0 Å². The summed E-state index contributed by atoms with van der Waals surface area (Å²) in [4.78, 5) is 0. The van der Waals surface area contributed by atoms with Crippen LogP contribution in [-0.2, 0) is 0 Å². The first-order valence-electron chi connectivity index (χ1n) is 3.40. The summed E-state index contributed by atoms with van der Waals surface area (Å²) in [5.41, 5.74) is 1.74. The maximum Gasteiger partial charge on any atom is 0.146 e. The lowest BCUT2D eigenvalue weighted by atomic mass is 9.97. The van der Waals surface area contributed by atoms with E-state index in [1.165, 1.54) is 0 Å². The van der Waals surface area contributed by atoms with E-state index in [4.69, 9.17) is 0 Å². The number of aromatic nitrogens is 2. The van der Waals surface area contributed by atoms with Gasteiger partial charge in [0.2, 0.25) is 0 Å². The van der Waals surface area contributed by atoms with E-state index in [2.05, 4.69) is 5.10 Å². The largest absolute Gasteiger partial charge is 0.508 e. The number of nitrogens with zero attached hydrogens (tertiary/aromatic N) is 2. The normalized spacial score (nSPS) is 10.5. The summed E-state index contributed by atoms with van der Waals surface area (Å²) in [5, 5.41) is 13.3. The van der Waals surface area contributed by atoms with Crippen LogP contribution in [0.1, 0.15) is 0 Å². The maximum absolute atomic E-state index is 9.29. The lowest BCUT2D eigenvalue weighted by Crippen LogP contribution is -2.06. The van der Waals surface area contributed by atoms with Crippen molar-refractivity contribution in [2.45, 2.75) is 0 Å². The SMILES string of the molecule is Bc1cn2nccc2cc1O. The van der Waals surface area contributed by atoms with Crippen molar-refractivity contribution in [2.75, 3.05) is 0 Å². The van der Waals surface area contributed by atoms with E-state index in [9.17, 15) is 5.11 Å². The number of hydrogen-bond donors (Lipinski definition) is 1. The molecule has 0 aliphatic heterocycles. The van der Waals surface area contributed by atoms with Crippen molar-refractivity contribution in [1.29, 1.82) is 0 Å². The molecule has 0 aliphatic carbocycles. The molecule has 0 unspecified atom stereocenters. The molecule has 2 heterocycles. The van der Waals surface area contributed by atoms with Gasteiger partial charge < -0.3 is 5.11 Å². The minimum atomic E-state index is 0.318. The average Bonchev–Trinajstić information content (AvgIpc) is 2.36. The van der Waals surface area contributed by atoms with E-state index >= 15 is 0 Å². The fourth-order valence-corrected chi connectivity index (χ4v) is 1.05. The fraction of sp³-hybridized carbons (Fsp3) is 0. The third-order valence-electron chi connectivity index (χ3n) is 1.71. The molecule has 0 atom stereocenters. The minimum Gasteiger partial charge on any atom is -0.508 e. The molecule has 0 saturated heterocycles. The van der Waals surface area contributed by atoms with Crippen LogP contribution in [0.5, 0.6) is 5.75 Å². The van der Waals surface area contributed by atoms with Gasteiger partial charge in [0.1, 0.15) is 13.6 Å². The van der Waals surface area contributed by atoms with Crippen molar-refractivity contribution in [3.8, 4) is 5.75 Å². The highest BCUT2D eigenvalue weighted by Gasteiger charge is 1.98. The number of aromatic hydroxyl groups is 1. The van der Waals surface area contributed by atoms with Crippen molar-refractivity contribution in [1.82, 2.24) is 9.61 Å². The molecule has 4 heteroatoms. The molecule has 0 aromatic carbocycles. The Balaban J connectivity index is 2.86. The van der Waals surface area contributed by atoms with Crippen LogP contribution in [0.25, 0.3) is 5.52 Å². The van der Waals surface area contributed by atoms with E-state index in [1.807, 2.05) is 13.9 Å². The van der Waals surface area contributed by atoms with Crippen molar-refractivity contribution in [2.24, 2.45) is 0 Å². The first kappa shape index (κ1) is 6.28. The van der Waals surface area contributed by atoms with Crippen molar-refractivity contribution in [3.63, 3.8) is 0 Å². The Hall–Kier alpha value is -1.45. The second-order valence-corrected chi connectivity index (χ2v) is 2.54. The molecule has 0 fully saturated rings. The topological polar surface area (TPSA) is 37.5 Å². The van der Waals surface area contributed by atoms with Gasteiger partial charge in [0.25, 0.3) is 0 Å². The highest BCUT2D eigenvalue weighted by molar-refractivity contribution is 6.34. The second-order valence-electron chi connectivity index (χ2n) is 2.54. The van der Waals surface area contributed by atoms with Crippen LogP contribution in [0.3, 0.4) is 0 Å². The Kier molecular flexibility index (Phi) is 1.15. The van der Waals surface area contributed by atoms with E-state index in [0.29, 0.717) is 5.75 Å². The fourth-order valence-electron chi connectivity index (χ4n) is 1.05. The third kappa shape index (κ3) is 0.870. The summed E-state index contributed by atoms with van der Waals surface area (Å²) in [6.45, 7) is 0. The van der Waals surface area contributed by atoms with E-state index in [-0.39, 0.29) is 0 Å². The third-order valence-corrected chi connectivity index (χ3v) is 1.71. The molecule has 0 aliphatic rings. The Morgan fingerprint density at radius 3 is 3.18 bits per heavy atom. The van der Waals surface area contributed by atoms with Crippen LogP contribution in [0, 0.1) is 0 Å². The predicted molar refractivity (Wildman–Crippen MR) is 45.0 cm³/mol. The summed E-state index contributed by atoms with van der Waals surface area (Å²) >= 11 is 0. The summed E-state index contributed by atoms with van der Waals surface area (Å²) in [5.74, 6) is 0.318. The highest BCUT2D eigenvalue weighted by Crippen LogP contribution is 2.07. The Labute approximate surface area is 64.7 Å². The number of pyridine rings is 1. The zero-order valence-electron chi connectivity index (χ0n) is 6.15. The molecule has 0 spiro atoms. The number of fused-ring (bicyclic) bond motifs is 1. The van der Waals surface area contributed by atoms with Gasteiger partial charge in [-0.15, -0.1) is 0 Å². The van der Waals surface area contributed by atoms with Gasteiger partial charge in [-0.3, -0.25) is 0 Å². The summed E-state index contributed by atoms with van der Waals surface area (Å²) in [6.07, 6.45) is 3.50. The molecule has 2 rings (SSSR count). The standard InChI is InChI=1S/C7H7BN2O/c8-6-4-10-5(1-2-9-10)3-7(6)11/h1-4,11H,8H2. The van der Waals surface area contributed by atoms with Crippen molar-refractivity contribution >= 4 is 18.8 Å². The van der Waals surface area contributed by atoms with Crippen molar-refractivity contribution < 1.29 is 5.11 Å². The van der Waals surface area contributed by atoms with E-state index in [1.54, 1.807) is 23.0 Å². The average molecular weight is 146 g/mol. The van der Waals surface area contributed by atoms with Gasteiger partial charge in [-0.2, -0.15) is 5.10 Å². The molecule has 0 bridgehead atoms. The van der Waals surface area contributed by atoms with Crippen molar-refractivity contribution in [3.05, 3.63) is 24.5 Å². The molecule has 1 N–H and O–H groups in total. The number of hydrogen-bond acceptors (Lipinski definition) is 2. The van der Waals surface area contributed by atoms with Gasteiger partial charge in [0.15, 0.2) is 0 Å². The minimum absolute atomic E-state index is 0.318. The molecule has 2 aromatic rings. The molecule has 3 nitrogen and oxygen atoms in total. The smallest absolute Gasteiger partial charge is 0.146 e. The molecule has 54 valence electrons. The Morgan fingerprint density at radius 2 is 2.36 bits per heavy atom. The van der Waals surface area contributed by atoms with E-state index in [0.717, 1.165) is 11.0 Å². The van der Waals surface area contributed by atoms with Gasteiger partial charge in [0, 0.05) is 18.5 Å². The second kappa shape index (κ2) is 2.02. The van der Waals surface area contributed by atoms with Crippen LogP contribution < -0.4 is 5.46 Å². The van der Waals surface area contributed by atoms with Crippen LogP contribution in [0.15, 0.2) is 24.5 Å². The molecule has 0 radical (unpaired) electrons. The van der Waals surface area contributed by atoms with Gasteiger partial charge in [-0.25, -0.2) is 4.52 Å².